The number of benzene rings is 2. The van der Waals surface area contributed by atoms with Crippen molar-refractivity contribution < 1.29 is 4.79 Å². The summed E-state index contributed by atoms with van der Waals surface area (Å²) in [5, 5.41) is 3.87. The summed E-state index contributed by atoms with van der Waals surface area (Å²) in [6.07, 6.45) is 5.50. The Morgan fingerprint density at radius 3 is 2.53 bits per heavy atom. The molecule has 1 unspecified atom stereocenters. The number of nitrogens with one attached hydrogen (secondary N) is 2. The van der Waals surface area contributed by atoms with Crippen LogP contribution in [0.4, 0.5) is 0 Å². The number of carbonyl (C=O) groups is 1. The van der Waals surface area contributed by atoms with Crippen LogP contribution < -0.4 is 10.9 Å². The van der Waals surface area contributed by atoms with Crippen LogP contribution in [0.15, 0.2) is 59.4 Å². The molecule has 1 fully saturated rings. The molecule has 6 heteroatoms. The molecule has 32 heavy (non-hydrogen) atoms. The number of rotatable bonds is 7. The van der Waals surface area contributed by atoms with Gasteiger partial charge in [-0.2, -0.15) is 0 Å². The molecule has 2 aromatic carbocycles. The molecular formula is C26H31N3O2S. The fourth-order valence-corrected chi connectivity index (χ4v) is 4.96. The Balaban J connectivity index is 1.29. The molecule has 1 aliphatic carbocycles. The molecule has 1 aromatic heterocycles. The van der Waals surface area contributed by atoms with E-state index in [0.717, 1.165) is 44.0 Å². The zero-order chi connectivity index (χ0) is 22.5. The Hall–Kier alpha value is -2.73. The van der Waals surface area contributed by atoms with E-state index < -0.39 is 0 Å². The van der Waals surface area contributed by atoms with E-state index in [-0.39, 0.29) is 23.4 Å². The van der Waals surface area contributed by atoms with Gasteiger partial charge in [-0.3, -0.25) is 14.2 Å². The van der Waals surface area contributed by atoms with Gasteiger partial charge in [-0.25, -0.2) is 0 Å². The lowest BCUT2D eigenvalue weighted by molar-refractivity contribution is -0.126. The van der Waals surface area contributed by atoms with Gasteiger partial charge in [0.15, 0.2) is 4.77 Å². The molecule has 0 aliphatic heterocycles. The Morgan fingerprint density at radius 2 is 1.78 bits per heavy atom. The maximum Gasteiger partial charge on any atom is 0.262 e. The van der Waals surface area contributed by atoms with Crippen LogP contribution in [0.3, 0.4) is 0 Å². The first-order valence-electron chi connectivity index (χ1n) is 11.6. The molecule has 0 spiro atoms. The van der Waals surface area contributed by atoms with Crippen LogP contribution in [0.1, 0.15) is 44.6 Å². The van der Waals surface area contributed by atoms with E-state index >= 15 is 0 Å². The van der Waals surface area contributed by atoms with Crippen LogP contribution in [0.5, 0.6) is 0 Å². The van der Waals surface area contributed by atoms with Crippen molar-refractivity contribution in [1.29, 1.82) is 0 Å². The predicted molar refractivity (Wildman–Crippen MR) is 131 cm³/mol. The molecule has 1 saturated carbocycles. The second kappa shape index (κ2) is 10.3. The number of para-hydroxylation sites is 1. The fraction of sp³-hybridized carbons (Fsp3) is 0.423. The quantitative estimate of drug-likeness (QED) is 0.499. The van der Waals surface area contributed by atoms with Gasteiger partial charge in [0.25, 0.3) is 5.56 Å². The number of aryl methyl sites for hydroxylation is 1. The number of H-pyrrole nitrogens is 1. The Bertz CT molecular complexity index is 1180. The second-order valence-electron chi connectivity index (χ2n) is 9.04. The Labute approximate surface area is 193 Å². The summed E-state index contributed by atoms with van der Waals surface area (Å²) in [7, 11) is 0. The third kappa shape index (κ3) is 5.36. The molecule has 168 valence electrons. The van der Waals surface area contributed by atoms with E-state index in [2.05, 4.69) is 41.5 Å². The van der Waals surface area contributed by atoms with Crippen LogP contribution in [0.2, 0.25) is 0 Å². The number of carbonyl (C=O) groups excluding carboxylic acids is 1. The topological polar surface area (TPSA) is 66.9 Å². The number of aromatic nitrogens is 2. The molecule has 2 N–H and O–H groups in total. The summed E-state index contributed by atoms with van der Waals surface area (Å²) in [5.41, 5.74) is 2.05. The molecular weight excluding hydrogens is 418 g/mol. The summed E-state index contributed by atoms with van der Waals surface area (Å²) in [4.78, 5) is 28.8. The molecule has 1 amide bonds. The van der Waals surface area contributed by atoms with E-state index in [1.54, 1.807) is 4.57 Å². The van der Waals surface area contributed by atoms with Crippen molar-refractivity contribution in [2.45, 2.75) is 58.0 Å². The van der Waals surface area contributed by atoms with Crippen molar-refractivity contribution in [3.05, 3.63) is 75.3 Å². The van der Waals surface area contributed by atoms with Crippen molar-refractivity contribution in [3.8, 4) is 0 Å². The SMILES string of the molecule is CC(CCc1ccccc1)NC(=O)C1CCC(Cn2c(=S)[nH]c3ccccc3c2=O)CC1. The first kappa shape index (κ1) is 22.5. The van der Waals surface area contributed by atoms with E-state index in [9.17, 15) is 9.59 Å². The number of aromatic amines is 1. The van der Waals surface area contributed by atoms with Gasteiger partial charge in [0, 0.05) is 18.5 Å². The number of hydrogen-bond donors (Lipinski definition) is 2. The van der Waals surface area contributed by atoms with Crippen molar-refractivity contribution in [3.63, 3.8) is 0 Å². The molecule has 1 heterocycles. The molecule has 0 bridgehead atoms. The summed E-state index contributed by atoms with van der Waals surface area (Å²) < 4.78 is 2.16. The van der Waals surface area contributed by atoms with E-state index in [1.165, 1.54) is 5.56 Å². The van der Waals surface area contributed by atoms with Gasteiger partial charge in [0.2, 0.25) is 5.91 Å². The minimum Gasteiger partial charge on any atom is -0.353 e. The van der Waals surface area contributed by atoms with Gasteiger partial charge in [-0.15, -0.1) is 0 Å². The number of amides is 1. The Kier molecular flexibility index (Phi) is 7.20. The molecule has 3 aromatic rings. The first-order valence-corrected chi connectivity index (χ1v) is 12.0. The maximum atomic E-state index is 12.9. The van der Waals surface area contributed by atoms with E-state index in [0.29, 0.717) is 22.6 Å². The van der Waals surface area contributed by atoms with Crippen molar-refractivity contribution in [1.82, 2.24) is 14.9 Å². The van der Waals surface area contributed by atoms with E-state index in [1.807, 2.05) is 30.3 Å². The summed E-state index contributed by atoms with van der Waals surface area (Å²) in [5.74, 6) is 0.598. The van der Waals surface area contributed by atoms with Crippen LogP contribution in [0, 0.1) is 16.6 Å². The number of hydrogen-bond acceptors (Lipinski definition) is 3. The lowest BCUT2D eigenvalue weighted by atomic mass is 9.81. The highest BCUT2D eigenvalue weighted by molar-refractivity contribution is 7.71. The molecule has 0 saturated heterocycles. The van der Waals surface area contributed by atoms with Crippen LogP contribution in [-0.2, 0) is 17.8 Å². The molecule has 1 atom stereocenters. The summed E-state index contributed by atoms with van der Waals surface area (Å²) in [6.45, 7) is 2.70. The average Bonchev–Trinajstić information content (AvgIpc) is 2.81. The van der Waals surface area contributed by atoms with Gasteiger partial charge < -0.3 is 10.3 Å². The number of fused-ring (bicyclic) bond motifs is 1. The van der Waals surface area contributed by atoms with Crippen LogP contribution in [0.25, 0.3) is 10.9 Å². The number of nitrogens with zero attached hydrogens (tertiary/aromatic N) is 1. The Morgan fingerprint density at radius 1 is 1.09 bits per heavy atom. The van der Waals surface area contributed by atoms with Gasteiger partial charge in [0.05, 0.1) is 10.9 Å². The third-order valence-electron chi connectivity index (χ3n) is 6.65. The second-order valence-corrected chi connectivity index (χ2v) is 9.43. The zero-order valence-electron chi connectivity index (χ0n) is 18.5. The normalized spacial score (nSPS) is 19.5. The highest BCUT2D eigenvalue weighted by Gasteiger charge is 2.27. The third-order valence-corrected chi connectivity index (χ3v) is 6.97. The van der Waals surface area contributed by atoms with E-state index in [4.69, 9.17) is 12.2 Å². The van der Waals surface area contributed by atoms with Gasteiger partial charge in [-0.05, 0) is 81.3 Å². The highest BCUT2D eigenvalue weighted by atomic mass is 32.1. The summed E-state index contributed by atoms with van der Waals surface area (Å²) in [6, 6.07) is 18.0. The lowest BCUT2D eigenvalue weighted by Gasteiger charge is -2.29. The lowest BCUT2D eigenvalue weighted by Crippen LogP contribution is -2.39. The van der Waals surface area contributed by atoms with Gasteiger partial charge in [-0.1, -0.05) is 42.5 Å². The van der Waals surface area contributed by atoms with Crippen molar-refractivity contribution >= 4 is 29.0 Å². The monoisotopic (exact) mass is 449 g/mol. The highest BCUT2D eigenvalue weighted by Crippen LogP contribution is 2.30. The largest absolute Gasteiger partial charge is 0.353 e. The standard InChI is InChI=1S/C26H31N3O2S/c1-18(11-12-19-7-3-2-4-8-19)27-24(30)21-15-13-20(14-16-21)17-29-25(31)22-9-5-6-10-23(22)28-26(29)32/h2-10,18,20-21H,11-17H2,1H3,(H,27,30)(H,28,32). The summed E-state index contributed by atoms with van der Waals surface area (Å²) >= 11 is 5.45. The molecule has 4 rings (SSSR count). The average molecular weight is 450 g/mol. The predicted octanol–water partition coefficient (Wildman–Crippen LogP) is 5.00. The minimum atomic E-state index is -0.0311. The molecule has 1 aliphatic rings. The van der Waals surface area contributed by atoms with Gasteiger partial charge in [0.1, 0.15) is 0 Å². The maximum absolute atomic E-state index is 12.9. The molecule has 5 nitrogen and oxygen atoms in total. The fourth-order valence-electron chi connectivity index (χ4n) is 4.69. The minimum absolute atomic E-state index is 0.0311. The smallest absolute Gasteiger partial charge is 0.262 e. The van der Waals surface area contributed by atoms with Crippen LogP contribution >= 0.6 is 12.2 Å². The van der Waals surface area contributed by atoms with Gasteiger partial charge >= 0.3 is 0 Å². The van der Waals surface area contributed by atoms with Crippen LogP contribution in [-0.4, -0.2) is 21.5 Å². The zero-order valence-corrected chi connectivity index (χ0v) is 19.4. The van der Waals surface area contributed by atoms with Crippen molar-refractivity contribution in [2.24, 2.45) is 11.8 Å². The first-order chi connectivity index (χ1) is 15.5. The molecule has 0 radical (unpaired) electrons. The van der Waals surface area contributed by atoms with Crippen molar-refractivity contribution in [2.75, 3.05) is 0 Å².